The van der Waals surface area contributed by atoms with Crippen LogP contribution in [0.25, 0.3) is 78.2 Å². The van der Waals surface area contributed by atoms with Crippen LogP contribution in [0.3, 0.4) is 0 Å². The van der Waals surface area contributed by atoms with Crippen LogP contribution >= 0.6 is 17.0 Å². The second kappa shape index (κ2) is 20.3. The number of carbonyl (C=O) groups is 2. The predicted molar refractivity (Wildman–Crippen MR) is 304 cm³/mol. The molecule has 8 aromatic carbocycles. The van der Waals surface area contributed by atoms with Gasteiger partial charge in [-0.1, -0.05) is 0 Å². The van der Waals surface area contributed by atoms with Gasteiger partial charge in [0.05, 0.1) is 0 Å². The second-order valence-corrected chi connectivity index (χ2v) is 42.2. The van der Waals surface area contributed by atoms with Crippen LogP contribution < -0.4 is 10.5 Å². The Hall–Kier alpha value is -5.77. The van der Waals surface area contributed by atoms with E-state index in [-0.39, 0.29) is 36.5 Å². The van der Waals surface area contributed by atoms with E-state index in [1.807, 2.05) is 13.8 Å². The van der Waals surface area contributed by atoms with E-state index < -0.39 is 27.9 Å². The maximum absolute atomic E-state index is 14.2. The van der Waals surface area contributed by atoms with E-state index in [2.05, 4.69) is 220 Å². The minimum atomic E-state index is -6.27. The molecule has 0 aromatic heterocycles. The van der Waals surface area contributed by atoms with Crippen molar-refractivity contribution < 1.29 is 25.8 Å². The molecule has 361 valence electrons. The quantitative estimate of drug-likeness (QED) is 0.101. The number of amides is 2. The molecule has 0 radical (unpaired) electrons. The molecule has 0 saturated heterocycles. The van der Waals surface area contributed by atoms with E-state index in [9.17, 15) is 26.6 Å². The van der Waals surface area contributed by atoms with Gasteiger partial charge >= 0.3 is 437 Å². The third-order valence-corrected chi connectivity index (χ3v) is 35.0. The number of fused-ring (bicyclic) bond motifs is 4. The van der Waals surface area contributed by atoms with Crippen molar-refractivity contribution in [3.8, 4) is 44.5 Å². The first-order chi connectivity index (χ1) is 34.8. The van der Waals surface area contributed by atoms with E-state index in [0.717, 1.165) is 90.7 Å². The van der Waals surface area contributed by atoms with Gasteiger partial charge in [0, 0.05) is 0 Å². The fourth-order valence-corrected chi connectivity index (χ4v) is 32.8. The third-order valence-electron chi connectivity index (χ3n) is 15.1. The summed E-state index contributed by atoms with van der Waals surface area (Å²) >= 11 is -6.27. The molecule has 2 aliphatic carbocycles. The zero-order chi connectivity index (χ0) is 50.3. The van der Waals surface area contributed by atoms with Crippen molar-refractivity contribution in [2.75, 3.05) is 0 Å². The molecule has 72 heavy (non-hydrogen) atoms. The van der Waals surface area contributed by atoms with Crippen LogP contribution in [0.15, 0.2) is 181 Å². The van der Waals surface area contributed by atoms with Gasteiger partial charge in [0.1, 0.15) is 0 Å². The average molecular weight is 1060 g/mol. The number of hydrogen-bond donors (Lipinski definition) is 2. The monoisotopic (exact) mass is 1060 g/mol. The standard InChI is InChI=1S/2C29H25.C6H11BN2O2.2ClH.Zr/c2*1-20(2)17-21-18-23-11-8-16-28(29(23)19-21)27-14-6-5-13-26(27)25-15-7-10-22-9-3-4-12-24(22)25;1-3-5(10)8-7-9-6(11)4-2;;;/h2*3-16,18-20H,17H2,1-2H3;3-4H2,1-2H3,(H-,8,9,10,11);2*1H;/q;;;;;+1/p-1. The Morgan fingerprint density at radius 2 is 0.778 bits per heavy atom. The summed E-state index contributed by atoms with van der Waals surface area (Å²) in [7, 11) is 18.5. The van der Waals surface area contributed by atoms with Crippen LogP contribution in [0.5, 0.6) is 0 Å². The van der Waals surface area contributed by atoms with Crippen molar-refractivity contribution in [1.29, 1.82) is 0 Å². The Morgan fingerprint density at radius 3 is 1.17 bits per heavy atom. The van der Waals surface area contributed by atoms with Crippen molar-refractivity contribution in [3.05, 3.63) is 203 Å². The summed E-state index contributed by atoms with van der Waals surface area (Å²) in [6.07, 6.45) is 6.59. The normalized spacial score (nSPS) is 15.7. The molecule has 8 aromatic rings. The van der Waals surface area contributed by atoms with E-state index in [0.29, 0.717) is 0 Å². The van der Waals surface area contributed by atoms with Crippen molar-refractivity contribution in [3.63, 3.8) is 0 Å². The molecule has 0 fully saturated rings. The topological polar surface area (TPSA) is 58.2 Å². The van der Waals surface area contributed by atoms with Crippen LogP contribution in [0, 0.1) is 11.8 Å². The number of benzene rings is 8. The molecule has 2 aliphatic rings. The van der Waals surface area contributed by atoms with E-state index in [1.165, 1.54) is 21.5 Å². The van der Waals surface area contributed by atoms with Gasteiger partial charge in [-0.25, -0.2) is 0 Å². The first kappa shape index (κ1) is 49.8. The average Bonchev–Trinajstić information content (AvgIpc) is 3.96. The van der Waals surface area contributed by atoms with Crippen LogP contribution in [0.4, 0.5) is 0 Å². The summed E-state index contributed by atoms with van der Waals surface area (Å²) in [6, 6.07) is 60.7. The SMILES string of the molecule is CCC(=O)N[B](NC(=O)CC)[Zr]([Cl])([Cl])([CH]1C(CC(C)C)=Cc2c(-c3ccccc3-c3cccc4ccccc34)cccc21)[CH]1C(CC(C)C)=Cc2c(-c3ccccc3-c3cccc4ccccc34)cccc21. The number of rotatable bonds is 15. The zero-order valence-corrected chi connectivity index (χ0v) is 46.1. The van der Waals surface area contributed by atoms with Crippen molar-refractivity contribution in [1.82, 2.24) is 10.5 Å². The zero-order valence-electron chi connectivity index (χ0n) is 42.1. The summed E-state index contributed by atoms with van der Waals surface area (Å²) in [5.74, 6) is 0.0710. The molecular weight excluding hydrogens is 1000 g/mol. The van der Waals surface area contributed by atoms with Crippen LogP contribution in [0.1, 0.15) is 96.7 Å². The summed E-state index contributed by atoms with van der Waals surface area (Å²) in [5, 5.41) is 11.5. The first-order valence-electron chi connectivity index (χ1n) is 25.8. The molecule has 0 bridgehead atoms. The minimum absolute atomic E-state index is 0.202. The molecule has 0 spiro atoms. The summed E-state index contributed by atoms with van der Waals surface area (Å²) in [5.41, 5.74) is 15.5. The molecule has 10 rings (SSSR count). The van der Waals surface area contributed by atoms with Crippen LogP contribution in [-0.2, 0) is 25.8 Å². The van der Waals surface area contributed by atoms with E-state index >= 15 is 0 Å². The van der Waals surface area contributed by atoms with Gasteiger partial charge in [-0.2, -0.15) is 0 Å². The van der Waals surface area contributed by atoms with Gasteiger partial charge in [-0.05, 0) is 0 Å². The summed E-state index contributed by atoms with van der Waals surface area (Å²) in [6.45, 7) is 12.6. The Labute approximate surface area is 434 Å². The van der Waals surface area contributed by atoms with Gasteiger partial charge in [-0.15, -0.1) is 0 Å². The molecule has 4 nitrogen and oxygen atoms in total. The third kappa shape index (κ3) is 8.86. The fourth-order valence-electron chi connectivity index (χ4n) is 12.2. The van der Waals surface area contributed by atoms with E-state index in [1.54, 1.807) is 0 Å². The Balaban J connectivity index is 1.24. The van der Waals surface area contributed by atoms with Crippen molar-refractivity contribution >= 4 is 67.1 Å². The first-order valence-corrected chi connectivity index (χ1v) is 36.4. The molecule has 2 amide bonds. The van der Waals surface area contributed by atoms with Gasteiger partial charge < -0.3 is 0 Å². The van der Waals surface area contributed by atoms with Crippen molar-refractivity contribution in [2.45, 2.75) is 74.5 Å². The van der Waals surface area contributed by atoms with Crippen LogP contribution in [-0.4, -0.2) is 16.3 Å². The van der Waals surface area contributed by atoms with Gasteiger partial charge in [-0.3, -0.25) is 0 Å². The molecule has 2 N–H and O–H groups in total. The molecule has 2 unspecified atom stereocenters. The Bertz CT molecular complexity index is 3250. The number of hydrogen-bond acceptors (Lipinski definition) is 2. The van der Waals surface area contributed by atoms with Crippen molar-refractivity contribution in [2.24, 2.45) is 11.8 Å². The maximum atomic E-state index is 14.2. The fraction of sp³-hybridized carbons (Fsp3) is 0.219. The number of allylic oxidation sites excluding steroid dienone is 2. The molecule has 0 aliphatic heterocycles. The Kier molecular flexibility index (Phi) is 14.0. The van der Waals surface area contributed by atoms with Gasteiger partial charge in [0.2, 0.25) is 0 Å². The predicted octanol–water partition coefficient (Wildman–Crippen LogP) is 17.4. The molecular formula is C64H62BCl2N2O2Zr. The summed E-state index contributed by atoms with van der Waals surface area (Å²) in [4.78, 5) is 28.3. The number of carbonyl (C=O) groups excluding carboxylic acids is 2. The number of halogens is 2. The van der Waals surface area contributed by atoms with E-state index in [4.69, 9.17) is 0 Å². The number of nitrogens with one attached hydrogen (secondary N) is 2. The Morgan fingerprint density at radius 1 is 0.458 bits per heavy atom. The van der Waals surface area contributed by atoms with Gasteiger partial charge in [0.15, 0.2) is 0 Å². The van der Waals surface area contributed by atoms with Crippen LogP contribution in [0.2, 0.25) is 0 Å². The summed E-state index contributed by atoms with van der Waals surface area (Å²) < 4.78 is -2.01. The second-order valence-electron chi connectivity index (χ2n) is 20.8. The molecule has 2 atom stereocenters. The molecule has 0 saturated carbocycles. The molecule has 8 heteroatoms. The molecule has 0 heterocycles. The van der Waals surface area contributed by atoms with Gasteiger partial charge in [0.25, 0.3) is 0 Å².